The number of aromatic amines is 1. The molecule has 0 unspecified atom stereocenters. The van der Waals surface area contributed by atoms with Crippen molar-refractivity contribution in [3.63, 3.8) is 0 Å². The number of nitrogens with one attached hydrogen (secondary N) is 1. The molecule has 0 atom stereocenters. The molecule has 4 aromatic rings. The SMILES string of the molecule is COc1ccc(OC)c2c1C(=O)c1c-2[nH]c2ccc(OCc3ccccc3)cc12. The first-order valence-electron chi connectivity index (χ1n) is 9.33. The Bertz CT molecular complexity index is 1240. The van der Waals surface area contributed by atoms with E-state index in [4.69, 9.17) is 14.2 Å². The molecule has 29 heavy (non-hydrogen) atoms. The summed E-state index contributed by atoms with van der Waals surface area (Å²) in [6.45, 7) is 0.467. The van der Waals surface area contributed by atoms with Gasteiger partial charge in [0.25, 0.3) is 0 Å². The van der Waals surface area contributed by atoms with Crippen molar-refractivity contribution in [3.05, 3.63) is 77.4 Å². The minimum atomic E-state index is -0.0720. The third-order valence-corrected chi connectivity index (χ3v) is 5.29. The second kappa shape index (κ2) is 6.71. The third-order valence-electron chi connectivity index (χ3n) is 5.29. The van der Waals surface area contributed by atoms with E-state index < -0.39 is 0 Å². The highest BCUT2D eigenvalue weighted by Gasteiger charge is 2.36. The molecule has 0 saturated carbocycles. The fourth-order valence-corrected chi connectivity index (χ4v) is 3.93. The second-order valence-electron chi connectivity index (χ2n) is 6.91. The highest BCUT2D eigenvalue weighted by atomic mass is 16.5. The minimum absolute atomic E-state index is 0.0720. The van der Waals surface area contributed by atoms with Crippen LogP contribution < -0.4 is 14.2 Å². The fraction of sp³-hybridized carbons (Fsp3) is 0.125. The molecule has 0 aliphatic heterocycles. The highest BCUT2D eigenvalue weighted by molar-refractivity contribution is 6.29. The number of fused-ring (bicyclic) bond motifs is 5. The van der Waals surface area contributed by atoms with Crippen molar-refractivity contribution in [2.75, 3.05) is 14.2 Å². The zero-order chi connectivity index (χ0) is 20.0. The topological polar surface area (TPSA) is 60.5 Å². The Morgan fingerprint density at radius 2 is 1.55 bits per heavy atom. The zero-order valence-corrected chi connectivity index (χ0v) is 16.1. The number of aromatic nitrogens is 1. The van der Waals surface area contributed by atoms with E-state index in [9.17, 15) is 4.79 Å². The number of rotatable bonds is 5. The van der Waals surface area contributed by atoms with Gasteiger partial charge in [0.15, 0.2) is 5.78 Å². The van der Waals surface area contributed by atoms with Crippen LogP contribution in [-0.4, -0.2) is 25.0 Å². The van der Waals surface area contributed by atoms with Crippen LogP contribution in [0.4, 0.5) is 0 Å². The normalized spacial score (nSPS) is 12.0. The Morgan fingerprint density at radius 3 is 2.28 bits per heavy atom. The van der Waals surface area contributed by atoms with Crippen LogP contribution in [0, 0.1) is 0 Å². The summed E-state index contributed by atoms with van der Waals surface area (Å²) >= 11 is 0. The van der Waals surface area contributed by atoms with Gasteiger partial charge in [-0.05, 0) is 35.9 Å². The predicted molar refractivity (Wildman–Crippen MR) is 111 cm³/mol. The zero-order valence-electron chi connectivity index (χ0n) is 16.1. The maximum Gasteiger partial charge on any atom is 0.200 e. The Labute approximate surface area is 167 Å². The summed E-state index contributed by atoms with van der Waals surface area (Å²) in [4.78, 5) is 16.7. The van der Waals surface area contributed by atoms with Crippen molar-refractivity contribution in [2.24, 2.45) is 0 Å². The van der Waals surface area contributed by atoms with E-state index in [2.05, 4.69) is 4.98 Å². The maximum absolute atomic E-state index is 13.3. The standard InChI is InChI=1S/C24H19NO4/c1-27-18-10-11-19(28-2)22-21(18)23-20(24(22)26)16-12-15(8-9-17(16)25-23)29-13-14-6-4-3-5-7-14/h3-12,25H,13H2,1-2H3. The first-order valence-corrected chi connectivity index (χ1v) is 9.33. The van der Waals surface area contributed by atoms with Crippen LogP contribution in [0.2, 0.25) is 0 Å². The van der Waals surface area contributed by atoms with Gasteiger partial charge in [-0.3, -0.25) is 4.79 Å². The van der Waals surface area contributed by atoms with Gasteiger partial charge in [0.1, 0.15) is 23.9 Å². The molecule has 1 N–H and O–H groups in total. The Kier molecular flexibility index (Phi) is 4.02. The first kappa shape index (κ1) is 17.4. The fourth-order valence-electron chi connectivity index (χ4n) is 3.93. The molecule has 1 aliphatic carbocycles. The number of hydrogen-bond acceptors (Lipinski definition) is 4. The van der Waals surface area contributed by atoms with E-state index >= 15 is 0 Å². The molecule has 0 fully saturated rings. The van der Waals surface area contributed by atoms with Gasteiger partial charge in [-0.15, -0.1) is 0 Å². The largest absolute Gasteiger partial charge is 0.496 e. The average molecular weight is 385 g/mol. The van der Waals surface area contributed by atoms with Crippen LogP contribution in [0.15, 0.2) is 60.7 Å². The van der Waals surface area contributed by atoms with Crippen molar-refractivity contribution in [1.29, 1.82) is 0 Å². The summed E-state index contributed by atoms with van der Waals surface area (Å²) in [7, 11) is 3.17. The molecule has 0 saturated heterocycles. The van der Waals surface area contributed by atoms with Gasteiger partial charge in [0, 0.05) is 10.9 Å². The van der Waals surface area contributed by atoms with Crippen molar-refractivity contribution < 1.29 is 19.0 Å². The van der Waals surface area contributed by atoms with E-state index in [1.807, 2.05) is 54.6 Å². The van der Waals surface area contributed by atoms with Gasteiger partial charge in [-0.2, -0.15) is 0 Å². The molecule has 0 bridgehead atoms. The molecule has 0 spiro atoms. The van der Waals surface area contributed by atoms with Gasteiger partial charge < -0.3 is 19.2 Å². The van der Waals surface area contributed by atoms with Crippen LogP contribution >= 0.6 is 0 Å². The molecule has 5 heteroatoms. The molecule has 144 valence electrons. The molecule has 5 nitrogen and oxygen atoms in total. The van der Waals surface area contributed by atoms with Crippen LogP contribution in [0.1, 0.15) is 21.5 Å². The molecule has 1 aromatic heterocycles. The Morgan fingerprint density at radius 1 is 0.828 bits per heavy atom. The smallest absolute Gasteiger partial charge is 0.200 e. The van der Waals surface area contributed by atoms with Gasteiger partial charge in [0.2, 0.25) is 0 Å². The van der Waals surface area contributed by atoms with Crippen LogP contribution in [0.25, 0.3) is 22.2 Å². The average Bonchev–Trinajstić information content (AvgIpc) is 3.28. The lowest BCUT2D eigenvalue weighted by Crippen LogP contribution is -2.00. The summed E-state index contributed by atoms with van der Waals surface area (Å²) in [5.74, 6) is 1.82. The number of H-pyrrole nitrogens is 1. The molecule has 0 amide bonds. The van der Waals surface area contributed by atoms with Gasteiger partial charge in [-0.1, -0.05) is 30.3 Å². The lowest BCUT2D eigenvalue weighted by molar-refractivity contribution is 0.104. The van der Waals surface area contributed by atoms with Gasteiger partial charge >= 0.3 is 0 Å². The molecule has 5 rings (SSSR count). The summed E-state index contributed by atoms with van der Waals surface area (Å²) < 4.78 is 16.9. The van der Waals surface area contributed by atoms with Crippen LogP contribution in [0.3, 0.4) is 0 Å². The molecular formula is C24H19NO4. The molecule has 3 aromatic carbocycles. The van der Waals surface area contributed by atoms with Crippen molar-refractivity contribution >= 4 is 16.7 Å². The van der Waals surface area contributed by atoms with E-state index in [0.717, 1.165) is 27.7 Å². The van der Waals surface area contributed by atoms with Crippen LogP contribution in [-0.2, 0) is 6.61 Å². The molecule has 1 heterocycles. The number of carbonyl (C=O) groups excluding carboxylic acids is 1. The van der Waals surface area contributed by atoms with Crippen molar-refractivity contribution in [1.82, 2.24) is 4.98 Å². The number of hydrogen-bond donors (Lipinski definition) is 1. The quantitative estimate of drug-likeness (QED) is 0.464. The second-order valence-corrected chi connectivity index (χ2v) is 6.91. The Hall–Kier alpha value is -3.73. The number of carbonyl (C=O) groups is 1. The lowest BCUT2D eigenvalue weighted by Gasteiger charge is -2.11. The van der Waals surface area contributed by atoms with Crippen molar-refractivity contribution in [3.8, 4) is 28.5 Å². The monoisotopic (exact) mass is 385 g/mol. The summed E-state index contributed by atoms with van der Waals surface area (Å²) in [6, 6.07) is 19.3. The minimum Gasteiger partial charge on any atom is -0.496 e. The highest BCUT2D eigenvalue weighted by Crippen LogP contribution is 2.48. The summed E-state index contributed by atoms with van der Waals surface area (Å²) in [6.07, 6.45) is 0. The number of methoxy groups -OCH3 is 2. The van der Waals surface area contributed by atoms with Gasteiger partial charge in [-0.25, -0.2) is 0 Å². The van der Waals surface area contributed by atoms with Gasteiger partial charge in [0.05, 0.1) is 36.6 Å². The third kappa shape index (κ3) is 2.66. The lowest BCUT2D eigenvalue weighted by atomic mass is 10.1. The maximum atomic E-state index is 13.3. The van der Waals surface area contributed by atoms with E-state index in [0.29, 0.717) is 35.0 Å². The predicted octanol–water partition coefficient (Wildman–Crippen LogP) is 4.98. The van der Waals surface area contributed by atoms with E-state index in [1.54, 1.807) is 20.3 Å². The summed E-state index contributed by atoms with van der Waals surface area (Å²) in [5, 5.41) is 0.830. The van der Waals surface area contributed by atoms with E-state index in [1.165, 1.54) is 0 Å². The van der Waals surface area contributed by atoms with Crippen molar-refractivity contribution in [2.45, 2.75) is 6.61 Å². The molecule has 1 aliphatic rings. The Balaban J connectivity index is 1.59. The first-order chi connectivity index (χ1) is 14.2. The summed E-state index contributed by atoms with van der Waals surface area (Å²) in [5.41, 5.74) is 4.63. The number of ether oxygens (including phenoxy) is 3. The molecule has 0 radical (unpaired) electrons. The van der Waals surface area contributed by atoms with E-state index in [-0.39, 0.29) is 5.78 Å². The van der Waals surface area contributed by atoms with Crippen LogP contribution in [0.5, 0.6) is 17.2 Å². The number of benzene rings is 3. The number of ketones is 1. The molecular weight excluding hydrogens is 366 g/mol.